The summed E-state index contributed by atoms with van der Waals surface area (Å²) in [5.41, 5.74) is -2.15. The van der Waals surface area contributed by atoms with Crippen LogP contribution in [0.15, 0.2) is 42.5 Å². The molecule has 1 nitrogen and oxygen atoms in total. The predicted molar refractivity (Wildman–Crippen MR) is 66.3 cm³/mol. The van der Waals surface area contributed by atoms with Gasteiger partial charge in [0.15, 0.2) is 5.78 Å². The SMILES string of the molecule is O=C(c1ccc(Cl)cc1F)c1ccccc1C(F)(F)F. The first-order valence-corrected chi connectivity index (χ1v) is 5.84. The van der Waals surface area contributed by atoms with E-state index in [-0.39, 0.29) is 5.02 Å². The van der Waals surface area contributed by atoms with Crippen molar-refractivity contribution in [3.05, 3.63) is 70.0 Å². The second-order valence-electron chi connectivity index (χ2n) is 4.00. The van der Waals surface area contributed by atoms with E-state index in [1.54, 1.807) is 0 Å². The molecule has 0 bridgehead atoms. The van der Waals surface area contributed by atoms with Crippen molar-refractivity contribution in [3.8, 4) is 0 Å². The summed E-state index contributed by atoms with van der Waals surface area (Å²) in [5, 5.41) is 0.0585. The second kappa shape index (κ2) is 5.25. The van der Waals surface area contributed by atoms with Crippen molar-refractivity contribution in [2.75, 3.05) is 0 Å². The second-order valence-corrected chi connectivity index (χ2v) is 4.43. The van der Waals surface area contributed by atoms with E-state index < -0.39 is 34.5 Å². The molecule has 2 rings (SSSR count). The molecule has 0 spiro atoms. The van der Waals surface area contributed by atoms with Gasteiger partial charge in [-0.25, -0.2) is 4.39 Å². The molecule has 0 saturated heterocycles. The number of carbonyl (C=O) groups is 1. The molecule has 0 N–H and O–H groups in total. The van der Waals surface area contributed by atoms with Crippen molar-refractivity contribution < 1.29 is 22.4 Å². The van der Waals surface area contributed by atoms with Gasteiger partial charge < -0.3 is 0 Å². The molecule has 0 atom stereocenters. The number of hydrogen-bond donors (Lipinski definition) is 0. The largest absolute Gasteiger partial charge is 0.417 e. The van der Waals surface area contributed by atoms with Gasteiger partial charge in [-0.1, -0.05) is 29.8 Å². The molecule has 2 aromatic rings. The first-order valence-electron chi connectivity index (χ1n) is 5.46. The van der Waals surface area contributed by atoms with E-state index in [2.05, 4.69) is 0 Å². The average molecular weight is 303 g/mol. The third-order valence-electron chi connectivity index (χ3n) is 2.65. The topological polar surface area (TPSA) is 17.1 Å². The van der Waals surface area contributed by atoms with E-state index >= 15 is 0 Å². The van der Waals surface area contributed by atoms with Gasteiger partial charge in [0, 0.05) is 10.6 Å². The number of benzene rings is 2. The average Bonchev–Trinajstić information content (AvgIpc) is 2.37. The van der Waals surface area contributed by atoms with Crippen LogP contribution in [0.3, 0.4) is 0 Å². The van der Waals surface area contributed by atoms with Gasteiger partial charge in [0.25, 0.3) is 0 Å². The lowest BCUT2D eigenvalue weighted by Gasteiger charge is -2.12. The molecular weight excluding hydrogens is 296 g/mol. The van der Waals surface area contributed by atoms with E-state index in [4.69, 9.17) is 11.6 Å². The standard InChI is InChI=1S/C14H7ClF4O/c15-8-5-6-10(12(16)7-8)13(20)9-3-1-2-4-11(9)14(17,18)19/h1-7H. The van der Waals surface area contributed by atoms with Crippen LogP contribution in [0.25, 0.3) is 0 Å². The summed E-state index contributed by atoms with van der Waals surface area (Å²) in [6, 6.07) is 7.43. The molecule has 0 saturated carbocycles. The number of ketones is 1. The van der Waals surface area contributed by atoms with Crippen molar-refractivity contribution in [2.45, 2.75) is 6.18 Å². The molecule has 104 valence electrons. The maximum Gasteiger partial charge on any atom is 0.417 e. The highest BCUT2D eigenvalue weighted by Crippen LogP contribution is 2.33. The molecule has 0 radical (unpaired) electrons. The molecule has 0 aliphatic heterocycles. The van der Waals surface area contributed by atoms with E-state index in [1.165, 1.54) is 12.1 Å². The van der Waals surface area contributed by atoms with Crippen LogP contribution in [-0.4, -0.2) is 5.78 Å². The van der Waals surface area contributed by atoms with Crippen LogP contribution in [0.5, 0.6) is 0 Å². The molecule has 0 aliphatic rings. The molecule has 0 unspecified atom stereocenters. The van der Waals surface area contributed by atoms with Crippen molar-refractivity contribution in [3.63, 3.8) is 0 Å². The molecule has 0 fully saturated rings. The normalized spacial score (nSPS) is 11.4. The van der Waals surface area contributed by atoms with Crippen molar-refractivity contribution in [1.29, 1.82) is 0 Å². The molecule has 6 heteroatoms. The maximum atomic E-state index is 13.6. The highest BCUT2D eigenvalue weighted by Gasteiger charge is 2.35. The lowest BCUT2D eigenvalue weighted by Crippen LogP contribution is -2.14. The first kappa shape index (κ1) is 14.5. The van der Waals surface area contributed by atoms with Crippen LogP contribution < -0.4 is 0 Å². The number of hydrogen-bond acceptors (Lipinski definition) is 1. The smallest absolute Gasteiger partial charge is 0.288 e. The fraction of sp³-hybridized carbons (Fsp3) is 0.0714. The quantitative estimate of drug-likeness (QED) is 0.579. The van der Waals surface area contributed by atoms with Gasteiger partial charge in [-0.15, -0.1) is 0 Å². The lowest BCUT2D eigenvalue weighted by molar-refractivity contribution is -0.137. The Hall–Kier alpha value is -1.88. The zero-order valence-corrected chi connectivity index (χ0v) is 10.6. The summed E-state index contributed by atoms with van der Waals surface area (Å²) >= 11 is 5.54. The minimum Gasteiger partial charge on any atom is -0.288 e. The number of alkyl halides is 3. The van der Waals surface area contributed by atoms with Gasteiger partial charge in [0.2, 0.25) is 0 Å². The first-order chi connectivity index (χ1) is 9.30. The fourth-order valence-electron chi connectivity index (χ4n) is 1.75. The zero-order chi connectivity index (χ0) is 14.9. The van der Waals surface area contributed by atoms with E-state index in [9.17, 15) is 22.4 Å². The van der Waals surface area contributed by atoms with Crippen LogP contribution in [0, 0.1) is 5.82 Å². The Balaban J connectivity index is 2.55. The van der Waals surface area contributed by atoms with E-state index in [0.717, 1.165) is 30.3 Å². The van der Waals surface area contributed by atoms with E-state index in [0.29, 0.717) is 0 Å². The van der Waals surface area contributed by atoms with Gasteiger partial charge in [-0.2, -0.15) is 13.2 Å². The van der Waals surface area contributed by atoms with Crippen molar-refractivity contribution in [1.82, 2.24) is 0 Å². The summed E-state index contributed by atoms with van der Waals surface area (Å²) in [4.78, 5) is 12.1. The molecular formula is C14H7ClF4O. The highest BCUT2D eigenvalue weighted by atomic mass is 35.5. The predicted octanol–water partition coefficient (Wildman–Crippen LogP) is 4.73. The minimum atomic E-state index is -4.69. The summed E-state index contributed by atoms with van der Waals surface area (Å²) in [5.74, 6) is -1.99. The summed E-state index contributed by atoms with van der Waals surface area (Å²) in [7, 11) is 0. The number of halogens is 5. The monoisotopic (exact) mass is 302 g/mol. The third kappa shape index (κ3) is 2.82. The number of carbonyl (C=O) groups excluding carboxylic acids is 1. The molecule has 0 amide bonds. The van der Waals surface area contributed by atoms with Gasteiger partial charge in [0.1, 0.15) is 5.82 Å². The highest BCUT2D eigenvalue weighted by molar-refractivity contribution is 6.30. The summed E-state index contributed by atoms with van der Waals surface area (Å²) < 4.78 is 52.1. The Morgan fingerprint density at radius 1 is 1.00 bits per heavy atom. The molecule has 2 aromatic carbocycles. The van der Waals surface area contributed by atoms with Crippen LogP contribution >= 0.6 is 11.6 Å². The fourth-order valence-corrected chi connectivity index (χ4v) is 1.91. The van der Waals surface area contributed by atoms with Gasteiger partial charge in [-0.3, -0.25) is 4.79 Å². The molecule has 0 heterocycles. The zero-order valence-electron chi connectivity index (χ0n) is 9.84. The van der Waals surface area contributed by atoms with Crippen LogP contribution in [0.1, 0.15) is 21.5 Å². The van der Waals surface area contributed by atoms with Gasteiger partial charge in [-0.05, 0) is 24.3 Å². The molecule has 0 aromatic heterocycles. The summed E-state index contributed by atoms with van der Waals surface area (Å²) in [6.45, 7) is 0. The Morgan fingerprint density at radius 3 is 2.25 bits per heavy atom. The molecule has 20 heavy (non-hydrogen) atoms. The Morgan fingerprint density at radius 2 is 1.65 bits per heavy atom. The van der Waals surface area contributed by atoms with E-state index in [1.807, 2.05) is 0 Å². The van der Waals surface area contributed by atoms with Crippen molar-refractivity contribution >= 4 is 17.4 Å². The Bertz CT molecular complexity index is 664. The Kier molecular flexibility index (Phi) is 3.81. The van der Waals surface area contributed by atoms with Gasteiger partial charge >= 0.3 is 6.18 Å². The minimum absolute atomic E-state index is 0.0585. The maximum absolute atomic E-state index is 13.6. The lowest BCUT2D eigenvalue weighted by atomic mass is 9.98. The van der Waals surface area contributed by atoms with Crippen LogP contribution in [0.2, 0.25) is 5.02 Å². The third-order valence-corrected chi connectivity index (χ3v) is 2.89. The van der Waals surface area contributed by atoms with Crippen molar-refractivity contribution in [2.24, 2.45) is 0 Å². The van der Waals surface area contributed by atoms with Crippen LogP contribution in [-0.2, 0) is 6.18 Å². The molecule has 0 aliphatic carbocycles. The summed E-state index contributed by atoms with van der Waals surface area (Å²) in [6.07, 6.45) is -4.69. The van der Waals surface area contributed by atoms with Gasteiger partial charge in [0.05, 0.1) is 11.1 Å². The Labute approximate surface area is 116 Å². The van der Waals surface area contributed by atoms with Crippen LogP contribution in [0.4, 0.5) is 17.6 Å². The number of rotatable bonds is 2.